The summed E-state index contributed by atoms with van der Waals surface area (Å²) in [6, 6.07) is 0.944. The van der Waals surface area contributed by atoms with Gasteiger partial charge in [0.2, 0.25) is 0 Å². The van der Waals surface area contributed by atoms with Crippen LogP contribution in [-0.4, -0.2) is 24.2 Å². The number of hydrogen-bond acceptors (Lipinski definition) is 4. The molecule has 102 valence electrons. The van der Waals surface area contributed by atoms with Gasteiger partial charge in [-0.15, -0.1) is 11.3 Å². The third-order valence-corrected chi connectivity index (χ3v) is 5.07. The molecule has 0 bridgehead atoms. The minimum Gasteiger partial charge on any atom is -0.381 e. The van der Waals surface area contributed by atoms with E-state index in [1.54, 1.807) is 0 Å². The Kier molecular flexibility index (Phi) is 4.76. The molecule has 1 saturated heterocycles. The zero-order valence-corrected chi connectivity index (χ0v) is 12.6. The minimum atomic E-state index is 0.397. The maximum Gasteiger partial charge on any atom is 0.0900 e. The van der Waals surface area contributed by atoms with Crippen molar-refractivity contribution in [3.05, 3.63) is 15.6 Å². The van der Waals surface area contributed by atoms with E-state index in [2.05, 4.69) is 38.0 Å². The molecule has 0 saturated carbocycles. The van der Waals surface area contributed by atoms with Gasteiger partial charge in [-0.1, -0.05) is 0 Å². The summed E-state index contributed by atoms with van der Waals surface area (Å²) < 4.78 is 5.43. The van der Waals surface area contributed by atoms with E-state index in [-0.39, 0.29) is 0 Å². The summed E-state index contributed by atoms with van der Waals surface area (Å²) in [6.07, 6.45) is 2.36. The quantitative estimate of drug-likeness (QED) is 0.910. The van der Waals surface area contributed by atoms with Crippen molar-refractivity contribution in [2.24, 2.45) is 5.92 Å². The van der Waals surface area contributed by atoms with Crippen molar-refractivity contribution >= 4 is 11.3 Å². The van der Waals surface area contributed by atoms with E-state index in [9.17, 15) is 0 Å². The average Bonchev–Trinajstić information content (AvgIpc) is 2.69. The lowest BCUT2D eigenvalue weighted by molar-refractivity contribution is 0.0547. The van der Waals surface area contributed by atoms with Crippen LogP contribution in [0.5, 0.6) is 0 Å². The molecule has 1 aromatic heterocycles. The molecule has 2 heterocycles. The summed E-state index contributed by atoms with van der Waals surface area (Å²) >= 11 is 1.81. The van der Waals surface area contributed by atoms with Crippen LogP contribution >= 0.6 is 11.3 Å². The van der Waals surface area contributed by atoms with Crippen LogP contribution in [0.1, 0.15) is 48.3 Å². The molecule has 0 aromatic carbocycles. The largest absolute Gasteiger partial charge is 0.381 e. The van der Waals surface area contributed by atoms with Crippen molar-refractivity contribution in [1.29, 1.82) is 0 Å². The second kappa shape index (κ2) is 6.13. The lowest BCUT2D eigenvalue weighted by Gasteiger charge is -2.30. The van der Waals surface area contributed by atoms with Gasteiger partial charge >= 0.3 is 0 Å². The van der Waals surface area contributed by atoms with E-state index in [1.165, 1.54) is 23.4 Å². The molecule has 1 aromatic rings. The molecule has 0 radical (unpaired) electrons. The Hall–Kier alpha value is -0.450. The van der Waals surface area contributed by atoms with Crippen LogP contribution in [-0.2, 0) is 4.74 Å². The number of nitrogens with zero attached hydrogens (tertiary/aromatic N) is 1. The maximum atomic E-state index is 5.43. The van der Waals surface area contributed by atoms with Gasteiger partial charge in [-0.05, 0) is 46.5 Å². The Morgan fingerprint density at radius 3 is 2.50 bits per heavy atom. The molecule has 4 heteroatoms. The summed E-state index contributed by atoms with van der Waals surface area (Å²) in [6.45, 7) is 10.6. The predicted octanol–water partition coefficient (Wildman–Crippen LogP) is 3.23. The van der Waals surface area contributed by atoms with Crippen LogP contribution < -0.4 is 5.32 Å². The number of rotatable bonds is 4. The van der Waals surface area contributed by atoms with Gasteiger partial charge in [0.1, 0.15) is 0 Å². The van der Waals surface area contributed by atoms with Crippen molar-refractivity contribution in [3.8, 4) is 0 Å². The Morgan fingerprint density at radius 1 is 1.28 bits per heavy atom. The minimum absolute atomic E-state index is 0.397. The van der Waals surface area contributed by atoms with Gasteiger partial charge in [0.15, 0.2) is 0 Å². The van der Waals surface area contributed by atoms with Crippen LogP contribution in [0.15, 0.2) is 0 Å². The zero-order chi connectivity index (χ0) is 13.1. The first-order valence-electron chi connectivity index (χ1n) is 6.85. The summed E-state index contributed by atoms with van der Waals surface area (Å²) in [7, 11) is 0. The molecule has 0 spiro atoms. The highest BCUT2D eigenvalue weighted by Crippen LogP contribution is 2.27. The van der Waals surface area contributed by atoms with Crippen molar-refractivity contribution in [1.82, 2.24) is 10.3 Å². The highest BCUT2D eigenvalue weighted by molar-refractivity contribution is 7.11. The second-order valence-electron chi connectivity index (χ2n) is 5.31. The van der Waals surface area contributed by atoms with Gasteiger partial charge in [-0.3, -0.25) is 0 Å². The fourth-order valence-corrected chi connectivity index (χ4v) is 3.71. The number of aryl methyl sites for hydroxylation is 2. The molecule has 2 unspecified atom stereocenters. The second-order valence-corrected chi connectivity index (χ2v) is 6.54. The van der Waals surface area contributed by atoms with Crippen LogP contribution in [0.4, 0.5) is 0 Å². The lowest BCUT2D eigenvalue weighted by Crippen LogP contribution is -2.38. The summed E-state index contributed by atoms with van der Waals surface area (Å²) in [5.41, 5.74) is 1.18. The van der Waals surface area contributed by atoms with Crippen molar-refractivity contribution in [2.75, 3.05) is 13.2 Å². The van der Waals surface area contributed by atoms with E-state index in [0.717, 1.165) is 24.1 Å². The van der Waals surface area contributed by atoms with E-state index in [0.29, 0.717) is 12.1 Å². The molecular formula is C14H24N2OS. The molecule has 18 heavy (non-hydrogen) atoms. The van der Waals surface area contributed by atoms with Crippen molar-refractivity contribution < 1.29 is 4.74 Å². The highest BCUT2D eigenvalue weighted by atomic mass is 32.1. The molecule has 1 aliphatic rings. The number of hydrogen-bond donors (Lipinski definition) is 1. The molecule has 2 rings (SSSR count). The van der Waals surface area contributed by atoms with Crippen LogP contribution in [0.3, 0.4) is 0 Å². The first-order chi connectivity index (χ1) is 8.58. The average molecular weight is 268 g/mol. The lowest BCUT2D eigenvalue weighted by atomic mass is 9.92. The maximum absolute atomic E-state index is 5.43. The fourth-order valence-electron chi connectivity index (χ4n) is 2.77. The van der Waals surface area contributed by atoms with Crippen molar-refractivity contribution in [2.45, 2.75) is 52.6 Å². The first kappa shape index (κ1) is 14.0. The number of aromatic nitrogens is 1. The van der Waals surface area contributed by atoms with Crippen molar-refractivity contribution in [3.63, 3.8) is 0 Å². The first-order valence-corrected chi connectivity index (χ1v) is 7.67. The van der Waals surface area contributed by atoms with Gasteiger partial charge in [0, 0.05) is 30.2 Å². The zero-order valence-electron chi connectivity index (χ0n) is 11.8. The highest BCUT2D eigenvalue weighted by Gasteiger charge is 2.23. The number of nitrogens with one attached hydrogen (secondary N) is 1. The fraction of sp³-hybridized carbons (Fsp3) is 0.786. The van der Waals surface area contributed by atoms with E-state index >= 15 is 0 Å². The standard InChI is InChI=1S/C14H24N2OS/c1-9(13-5-7-17-8-6-13)15-10(2)14-11(3)16-12(4)18-14/h9-10,13,15H,5-8H2,1-4H3. The molecule has 0 aliphatic carbocycles. The third kappa shape index (κ3) is 3.31. The monoisotopic (exact) mass is 268 g/mol. The Bertz CT molecular complexity index is 385. The SMILES string of the molecule is Cc1nc(C)c(C(C)NC(C)C2CCOCC2)s1. The van der Waals surface area contributed by atoms with Crippen LogP contribution in [0, 0.1) is 19.8 Å². The molecule has 2 atom stereocenters. The smallest absolute Gasteiger partial charge is 0.0900 e. The number of ether oxygens (including phenoxy) is 1. The normalized spacial score (nSPS) is 20.9. The van der Waals surface area contributed by atoms with Gasteiger partial charge in [-0.25, -0.2) is 4.98 Å². The topological polar surface area (TPSA) is 34.2 Å². The summed E-state index contributed by atoms with van der Waals surface area (Å²) in [5, 5.41) is 4.90. The van der Waals surface area contributed by atoms with Crippen LogP contribution in [0.2, 0.25) is 0 Å². The molecule has 1 fully saturated rings. The van der Waals surface area contributed by atoms with E-state index < -0.39 is 0 Å². The molecule has 0 amide bonds. The van der Waals surface area contributed by atoms with Gasteiger partial charge in [-0.2, -0.15) is 0 Å². The van der Waals surface area contributed by atoms with Crippen LogP contribution in [0.25, 0.3) is 0 Å². The Balaban J connectivity index is 1.93. The molecule has 1 aliphatic heterocycles. The van der Waals surface area contributed by atoms with E-state index in [4.69, 9.17) is 4.74 Å². The third-order valence-electron chi connectivity index (χ3n) is 3.82. The Morgan fingerprint density at radius 2 is 1.94 bits per heavy atom. The van der Waals surface area contributed by atoms with Gasteiger partial charge in [0.05, 0.1) is 10.7 Å². The predicted molar refractivity (Wildman–Crippen MR) is 76.1 cm³/mol. The molecule has 1 N–H and O–H groups in total. The number of thiazole rings is 1. The summed E-state index contributed by atoms with van der Waals surface area (Å²) in [5.74, 6) is 0.746. The Labute approximate surface area is 114 Å². The molecular weight excluding hydrogens is 244 g/mol. The van der Waals surface area contributed by atoms with Gasteiger partial charge < -0.3 is 10.1 Å². The molecule has 3 nitrogen and oxygen atoms in total. The van der Waals surface area contributed by atoms with E-state index in [1.807, 2.05) is 11.3 Å². The van der Waals surface area contributed by atoms with Gasteiger partial charge in [0.25, 0.3) is 0 Å². The summed E-state index contributed by atoms with van der Waals surface area (Å²) in [4.78, 5) is 5.89.